The van der Waals surface area contributed by atoms with Crippen molar-refractivity contribution >= 4 is 21.8 Å². The number of rotatable bonds is 5. The van der Waals surface area contributed by atoms with Crippen LogP contribution in [0.15, 0.2) is 23.1 Å². The lowest BCUT2D eigenvalue weighted by molar-refractivity contribution is 0.711. The van der Waals surface area contributed by atoms with Crippen molar-refractivity contribution in [1.82, 2.24) is 4.31 Å². The monoisotopic (exact) mass is 269 g/mol. The summed E-state index contributed by atoms with van der Waals surface area (Å²) in [5, 5.41) is 0. The summed E-state index contributed by atoms with van der Waals surface area (Å²) < 4.78 is 2.13. The maximum atomic E-state index is 2.35. The fourth-order valence-electron chi connectivity index (χ4n) is 1.48. The van der Waals surface area contributed by atoms with Gasteiger partial charge in [0.15, 0.2) is 0 Å². The zero-order chi connectivity index (χ0) is 13.0. The van der Waals surface area contributed by atoms with Crippen LogP contribution in [-0.2, 0) is 0 Å². The molecular formula is C14H23NS2. The number of hydrogen-bond acceptors (Lipinski definition) is 3. The molecule has 0 N–H and O–H groups in total. The molecule has 3 heteroatoms. The van der Waals surface area contributed by atoms with E-state index in [4.69, 9.17) is 0 Å². The molecule has 0 saturated carbocycles. The smallest absolute Gasteiger partial charge is 0.0201 e. The van der Waals surface area contributed by atoms with Crippen LogP contribution < -0.4 is 0 Å². The molecule has 0 aromatic heterocycles. The maximum absolute atomic E-state index is 2.35. The quantitative estimate of drug-likeness (QED) is 0.537. The fourth-order valence-corrected chi connectivity index (χ4v) is 3.08. The highest BCUT2D eigenvalue weighted by Gasteiger charge is 2.08. The Kier molecular flexibility index (Phi) is 5.90. The van der Waals surface area contributed by atoms with Crippen molar-refractivity contribution in [3.63, 3.8) is 0 Å². The highest BCUT2D eigenvalue weighted by atomic mass is 33.1. The molecule has 0 radical (unpaired) electrons. The lowest BCUT2D eigenvalue weighted by Gasteiger charge is -2.14. The third kappa shape index (κ3) is 4.94. The molecule has 1 nitrogen and oxygen atoms in total. The van der Waals surface area contributed by atoms with E-state index in [2.05, 4.69) is 64.3 Å². The molecule has 96 valence electrons. The molecule has 0 spiro atoms. The van der Waals surface area contributed by atoms with E-state index in [1.54, 1.807) is 11.0 Å². The van der Waals surface area contributed by atoms with E-state index in [1.807, 2.05) is 10.8 Å². The van der Waals surface area contributed by atoms with Crippen LogP contribution in [0.5, 0.6) is 0 Å². The summed E-state index contributed by atoms with van der Waals surface area (Å²) >= 11 is 0. The van der Waals surface area contributed by atoms with Crippen molar-refractivity contribution in [1.29, 1.82) is 0 Å². The molecule has 0 fully saturated rings. The molecule has 1 rings (SSSR count). The third-order valence-electron chi connectivity index (χ3n) is 2.57. The molecule has 0 unspecified atom stereocenters. The number of benzene rings is 1. The van der Waals surface area contributed by atoms with Crippen LogP contribution in [-0.4, -0.2) is 18.4 Å². The van der Waals surface area contributed by atoms with Crippen molar-refractivity contribution in [2.24, 2.45) is 0 Å². The Morgan fingerprint density at radius 2 is 1.35 bits per heavy atom. The van der Waals surface area contributed by atoms with Crippen molar-refractivity contribution in [3.05, 3.63) is 29.3 Å². The molecule has 0 bridgehead atoms. The molecule has 0 saturated heterocycles. The molecule has 1 aromatic carbocycles. The molecule has 0 heterocycles. The topological polar surface area (TPSA) is 3.24 Å². The Labute approximate surface area is 114 Å². The first-order chi connectivity index (χ1) is 7.90. The van der Waals surface area contributed by atoms with Gasteiger partial charge in [-0.2, -0.15) is 0 Å². The van der Waals surface area contributed by atoms with Gasteiger partial charge in [-0.25, -0.2) is 4.31 Å². The third-order valence-corrected chi connectivity index (χ3v) is 5.06. The minimum Gasteiger partial charge on any atom is -0.247 e. The predicted octanol–water partition coefficient (Wildman–Crippen LogP) is 5.15. The number of nitrogens with zero attached hydrogens (tertiary/aromatic N) is 1. The van der Waals surface area contributed by atoms with Gasteiger partial charge in [0.2, 0.25) is 0 Å². The van der Waals surface area contributed by atoms with Gasteiger partial charge in [0.1, 0.15) is 0 Å². The van der Waals surface area contributed by atoms with Crippen LogP contribution in [0.3, 0.4) is 0 Å². The molecule has 0 aliphatic heterocycles. The van der Waals surface area contributed by atoms with Gasteiger partial charge >= 0.3 is 0 Å². The zero-order valence-corrected chi connectivity index (χ0v) is 13.3. The van der Waals surface area contributed by atoms with E-state index < -0.39 is 0 Å². The van der Waals surface area contributed by atoms with Crippen LogP contribution in [0.2, 0.25) is 0 Å². The van der Waals surface area contributed by atoms with Crippen molar-refractivity contribution in [2.45, 2.75) is 44.4 Å². The van der Waals surface area contributed by atoms with Crippen molar-refractivity contribution in [3.8, 4) is 0 Å². The van der Waals surface area contributed by atoms with Gasteiger partial charge in [0, 0.05) is 4.90 Å². The molecule has 0 aliphatic carbocycles. The van der Waals surface area contributed by atoms with Crippen molar-refractivity contribution < 1.29 is 0 Å². The molecule has 1 aromatic rings. The lowest BCUT2D eigenvalue weighted by atomic mass is 9.96. The molecular weight excluding hydrogens is 246 g/mol. The van der Waals surface area contributed by atoms with Crippen LogP contribution >= 0.6 is 21.8 Å². The molecule has 17 heavy (non-hydrogen) atoms. The highest BCUT2D eigenvalue weighted by molar-refractivity contribution is 8.75. The van der Waals surface area contributed by atoms with Gasteiger partial charge in [-0.05, 0) is 71.0 Å². The van der Waals surface area contributed by atoms with Crippen LogP contribution in [0.1, 0.15) is 50.7 Å². The van der Waals surface area contributed by atoms with Gasteiger partial charge in [-0.1, -0.05) is 33.8 Å². The summed E-state index contributed by atoms with van der Waals surface area (Å²) in [5.41, 5.74) is 2.89. The second-order valence-corrected chi connectivity index (χ2v) is 7.58. The second kappa shape index (κ2) is 6.72. The van der Waals surface area contributed by atoms with E-state index in [-0.39, 0.29) is 0 Å². The summed E-state index contributed by atoms with van der Waals surface area (Å²) in [7, 11) is 7.76. The van der Waals surface area contributed by atoms with Crippen LogP contribution in [0.4, 0.5) is 0 Å². The summed E-state index contributed by atoms with van der Waals surface area (Å²) in [5.74, 6) is 1.19. The summed E-state index contributed by atoms with van der Waals surface area (Å²) in [4.78, 5) is 1.36. The Morgan fingerprint density at radius 3 is 1.71 bits per heavy atom. The average molecular weight is 269 g/mol. The largest absolute Gasteiger partial charge is 0.247 e. The van der Waals surface area contributed by atoms with Gasteiger partial charge in [0.05, 0.1) is 0 Å². The molecule has 0 atom stereocenters. The summed E-state index contributed by atoms with van der Waals surface area (Å²) in [6.45, 7) is 9.03. The minimum absolute atomic E-state index is 0.595. The summed E-state index contributed by atoms with van der Waals surface area (Å²) in [6, 6.07) is 6.98. The fraction of sp³-hybridized carbons (Fsp3) is 0.571. The maximum Gasteiger partial charge on any atom is 0.0201 e. The van der Waals surface area contributed by atoms with Gasteiger partial charge in [0.25, 0.3) is 0 Å². The van der Waals surface area contributed by atoms with Crippen LogP contribution in [0.25, 0.3) is 0 Å². The highest BCUT2D eigenvalue weighted by Crippen LogP contribution is 2.35. The van der Waals surface area contributed by atoms with Gasteiger partial charge in [-0.3, -0.25) is 0 Å². The number of hydrogen-bond donors (Lipinski definition) is 0. The Bertz CT molecular complexity index is 333. The first-order valence-electron chi connectivity index (χ1n) is 6.07. The van der Waals surface area contributed by atoms with Gasteiger partial charge < -0.3 is 0 Å². The SMILES string of the molecule is CC(C)c1cc(SSN(C)C)cc(C(C)C)c1. The first kappa shape index (κ1) is 14.9. The average Bonchev–Trinajstić information content (AvgIpc) is 2.25. The van der Waals surface area contributed by atoms with Crippen molar-refractivity contribution in [2.75, 3.05) is 14.1 Å². The zero-order valence-electron chi connectivity index (χ0n) is 11.7. The van der Waals surface area contributed by atoms with Gasteiger partial charge in [-0.15, -0.1) is 0 Å². The Morgan fingerprint density at radius 1 is 0.882 bits per heavy atom. The minimum atomic E-state index is 0.595. The Balaban J connectivity index is 2.95. The predicted molar refractivity (Wildman–Crippen MR) is 81.8 cm³/mol. The standard InChI is InChI=1S/C14H23NS2/c1-10(2)12-7-13(11(3)4)9-14(8-12)16-17-15(5)6/h7-11H,1-6H3. The Hall–Kier alpha value is -0.120. The summed E-state index contributed by atoms with van der Waals surface area (Å²) in [6.07, 6.45) is 0. The van der Waals surface area contributed by atoms with E-state index in [9.17, 15) is 0 Å². The molecule has 0 aliphatic rings. The van der Waals surface area contributed by atoms with Crippen LogP contribution in [0, 0.1) is 0 Å². The first-order valence-corrected chi connectivity index (χ1v) is 8.17. The molecule has 0 amide bonds. The lowest BCUT2D eigenvalue weighted by Crippen LogP contribution is -1.97. The van der Waals surface area contributed by atoms with E-state index in [1.165, 1.54) is 16.0 Å². The normalized spacial score (nSPS) is 11.8. The van der Waals surface area contributed by atoms with E-state index in [0.29, 0.717) is 11.8 Å². The second-order valence-electron chi connectivity index (χ2n) is 5.12. The van der Waals surface area contributed by atoms with E-state index in [0.717, 1.165) is 0 Å². The van der Waals surface area contributed by atoms with E-state index >= 15 is 0 Å².